The smallest absolute Gasteiger partial charge is 0.314 e. The Hall–Kier alpha value is -1.59. The van der Waals surface area contributed by atoms with Crippen LogP contribution < -0.4 is 0 Å². The Morgan fingerprint density at radius 3 is 2.71 bits per heavy atom. The average molecular weight is 310 g/mol. The topological polar surface area (TPSA) is 66.8 Å². The average Bonchev–Trinajstić information content (AvgIpc) is 2.99. The van der Waals surface area contributed by atoms with E-state index in [1.54, 1.807) is 17.0 Å². The van der Waals surface area contributed by atoms with Crippen molar-refractivity contribution in [3.8, 4) is 0 Å². The minimum atomic E-state index is -0.921. The van der Waals surface area contributed by atoms with Gasteiger partial charge in [-0.3, -0.25) is 9.59 Å². The number of nitrogens with zero attached hydrogens (tertiary/aromatic N) is 1. The van der Waals surface area contributed by atoms with E-state index >= 15 is 0 Å². The third-order valence-electron chi connectivity index (χ3n) is 4.42. The number of rotatable bonds is 3. The number of fused-ring (bicyclic) bond motifs is 1. The van der Waals surface area contributed by atoms with Gasteiger partial charge in [-0.2, -0.15) is 0 Å². The van der Waals surface area contributed by atoms with Crippen molar-refractivity contribution in [2.75, 3.05) is 26.3 Å². The van der Waals surface area contributed by atoms with Gasteiger partial charge in [0.2, 0.25) is 5.91 Å². The van der Waals surface area contributed by atoms with Crippen LogP contribution in [0.15, 0.2) is 24.3 Å². The molecule has 2 aliphatic heterocycles. The number of carbonyl (C=O) groups is 2. The van der Waals surface area contributed by atoms with E-state index in [1.165, 1.54) is 0 Å². The number of carboxylic acids is 1. The lowest BCUT2D eigenvalue weighted by Gasteiger charge is -2.22. The number of hydrogen-bond donors (Lipinski definition) is 1. The van der Waals surface area contributed by atoms with Crippen LogP contribution in [0, 0.1) is 11.3 Å². The molecular weight excluding hydrogens is 294 g/mol. The molecule has 1 aromatic carbocycles. The van der Waals surface area contributed by atoms with E-state index in [1.807, 2.05) is 12.1 Å². The molecule has 112 valence electrons. The molecule has 1 amide bonds. The first-order valence-corrected chi connectivity index (χ1v) is 7.22. The van der Waals surface area contributed by atoms with Crippen molar-refractivity contribution in [1.82, 2.24) is 4.90 Å². The van der Waals surface area contributed by atoms with E-state index in [9.17, 15) is 14.7 Å². The van der Waals surface area contributed by atoms with Gasteiger partial charge in [0.1, 0.15) is 5.41 Å². The number of ether oxygens (including phenoxy) is 1. The van der Waals surface area contributed by atoms with Gasteiger partial charge in [0.05, 0.1) is 19.6 Å². The quantitative estimate of drug-likeness (QED) is 0.917. The molecule has 1 N–H and O–H groups in total. The predicted molar refractivity (Wildman–Crippen MR) is 76.1 cm³/mol. The number of benzene rings is 1. The first kappa shape index (κ1) is 14.4. The van der Waals surface area contributed by atoms with Crippen LogP contribution in [-0.2, 0) is 20.7 Å². The van der Waals surface area contributed by atoms with Crippen LogP contribution in [0.3, 0.4) is 0 Å². The summed E-state index contributed by atoms with van der Waals surface area (Å²) in [5, 5.41) is 10.1. The Labute approximate surface area is 127 Å². The molecule has 0 spiro atoms. The molecule has 1 unspecified atom stereocenters. The summed E-state index contributed by atoms with van der Waals surface area (Å²) < 4.78 is 5.30. The van der Waals surface area contributed by atoms with Crippen molar-refractivity contribution in [2.45, 2.75) is 6.42 Å². The van der Waals surface area contributed by atoms with Gasteiger partial charge in [0, 0.05) is 24.0 Å². The molecule has 21 heavy (non-hydrogen) atoms. The molecule has 0 aromatic heterocycles. The van der Waals surface area contributed by atoms with E-state index < -0.39 is 11.4 Å². The SMILES string of the molecule is O=C(Cc1ccc(Cl)cc1)N1CC2COC[C@]2(C(=O)O)C1. The van der Waals surface area contributed by atoms with Crippen molar-refractivity contribution in [3.05, 3.63) is 34.9 Å². The highest BCUT2D eigenvalue weighted by molar-refractivity contribution is 6.30. The Bertz CT molecular complexity index is 574. The number of likely N-dealkylation sites (tertiary alicyclic amines) is 1. The van der Waals surface area contributed by atoms with Crippen LogP contribution in [0.5, 0.6) is 0 Å². The molecule has 2 fully saturated rings. The molecule has 0 bridgehead atoms. The van der Waals surface area contributed by atoms with Gasteiger partial charge in [0.25, 0.3) is 0 Å². The van der Waals surface area contributed by atoms with Gasteiger partial charge in [0.15, 0.2) is 0 Å². The maximum atomic E-state index is 12.4. The number of halogens is 1. The molecule has 2 aliphatic rings. The molecule has 0 saturated carbocycles. The Balaban J connectivity index is 1.70. The lowest BCUT2D eigenvalue weighted by Crippen LogP contribution is -2.40. The monoisotopic (exact) mass is 309 g/mol. The van der Waals surface area contributed by atoms with Gasteiger partial charge in [-0.1, -0.05) is 23.7 Å². The summed E-state index contributed by atoms with van der Waals surface area (Å²) in [6.45, 7) is 1.30. The highest BCUT2D eigenvalue weighted by atomic mass is 35.5. The lowest BCUT2D eigenvalue weighted by atomic mass is 9.81. The van der Waals surface area contributed by atoms with Crippen molar-refractivity contribution >= 4 is 23.5 Å². The van der Waals surface area contributed by atoms with Crippen molar-refractivity contribution in [2.24, 2.45) is 11.3 Å². The number of amides is 1. The van der Waals surface area contributed by atoms with Gasteiger partial charge in [-0.05, 0) is 17.7 Å². The van der Waals surface area contributed by atoms with Crippen LogP contribution >= 0.6 is 11.6 Å². The fourth-order valence-corrected chi connectivity index (χ4v) is 3.24. The van der Waals surface area contributed by atoms with E-state index in [0.29, 0.717) is 18.2 Å². The Morgan fingerprint density at radius 2 is 2.10 bits per heavy atom. The van der Waals surface area contributed by atoms with Crippen LogP contribution in [0.1, 0.15) is 5.56 Å². The van der Waals surface area contributed by atoms with E-state index in [-0.39, 0.29) is 31.4 Å². The summed E-state index contributed by atoms with van der Waals surface area (Å²) in [5.41, 5.74) is -0.0440. The molecule has 2 saturated heterocycles. The third-order valence-corrected chi connectivity index (χ3v) is 4.67. The highest BCUT2D eigenvalue weighted by Gasteiger charge is 2.57. The molecule has 3 rings (SSSR count). The van der Waals surface area contributed by atoms with Gasteiger partial charge in [-0.15, -0.1) is 0 Å². The van der Waals surface area contributed by atoms with Crippen molar-refractivity contribution in [3.63, 3.8) is 0 Å². The van der Waals surface area contributed by atoms with E-state index in [0.717, 1.165) is 5.56 Å². The van der Waals surface area contributed by atoms with E-state index in [2.05, 4.69) is 0 Å². The molecule has 6 heteroatoms. The maximum Gasteiger partial charge on any atom is 0.314 e. The zero-order valence-electron chi connectivity index (χ0n) is 11.4. The normalized spacial score (nSPS) is 27.7. The number of hydrogen-bond acceptors (Lipinski definition) is 3. The molecule has 2 heterocycles. The first-order chi connectivity index (χ1) is 10.0. The second-order valence-electron chi connectivity index (χ2n) is 5.75. The fraction of sp³-hybridized carbons (Fsp3) is 0.467. The summed E-state index contributed by atoms with van der Waals surface area (Å²) in [7, 11) is 0. The predicted octanol–water partition coefficient (Wildman–Crippen LogP) is 1.44. The summed E-state index contributed by atoms with van der Waals surface area (Å²) in [5.74, 6) is -1.02. The summed E-state index contributed by atoms with van der Waals surface area (Å²) in [4.78, 5) is 25.5. The lowest BCUT2D eigenvalue weighted by molar-refractivity contribution is -0.149. The summed E-state index contributed by atoms with van der Waals surface area (Å²) >= 11 is 5.82. The van der Waals surface area contributed by atoms with Gasteiger partial charge in [-0.25, -0.2) is 0 Å². The summed E-state index contributed by atoms with van der Waals surface area (Å²) in [6, 6.07) is 7.12. The van der Waals surface area contributed by atoms with Gasteiger partial charge >= 0.3 is 5.97 Å². The highest BCUT2D eigenvalue weighted by Crippen LogP contribution is 2.41. The zero-order chi connectivity index (χ0) is 15.0. The Kier molecular flexibility index (Phi) is 3.63. The fourth-order valence-electron chi connectivity index (χ4n) is 3.12. The van der Waals surface area contributed by atoms with E-state index in [4.69, 9.17) is 16.3 Å². The molecule has 0 radical (unpaired) electrons. The first-order valence-electron chi connectivity index (χ1n) is 6.85. The second-order valence-corrected chi connectivity index (χ2v) is 6.19. The second kappa shape index (κ2) is 5.31. The number of carbonyl (C=O) groups excluding carboxylic acids is 1. The summed E-state index contributed by atoms with van der Waals surface area (Å²) in [6.07, 6.45) is 0.264. The number of carboxylic acid groups (broad SMARTS) is 1. The zero-order valence-corrected chi connectivity index (χ0v) is 12.2. The molecular formula is C15H16ClNO4. The van der Waals surface area contributed by atoms with Crippen molar-refractivity contribution in [1.29, 1.82) is 0 Å². The molecule has 2 atom stereocenters. The van der Waals surface area contributed by atoms with Crippen LogP contribution in [0.4, 0.5) is 0 Å². The Morgan fingerprint density at radius 1 is 1.38 bits per heavy atom. The maximum absolute atomic E-state index is 12.4. The van der Waals surface area contributed by atoms with Crippen LogP contribution in [0.2, 0.25) is 5.02 Å². The van der Waals surface area contributed by atoms with Crippen LogP contribution in [-0.4, -0.2) is 48.2 Å². The molecule has 5 nitrogen and oxygen atoms in total. The third kappa shape index (κ3) is 2.51. The standard InChI is InChI=1S/C15H16ClNO4/c16-12-3-1-10(2-4-12)5-13(18)17-6-11-7-21-9-15(11,8-17)14(19)20/h1-4,11H,5-9H2,(H,19,20)/t11?,15-/m1/s1. The molecule has 0 aliphatic carbocycles. The minimum Gasteiger partial charge on any atom is -0.481 e. The number of aliphatic carboxylic acids is 1. The van der Waals surface area contributed by atoms with Gasteiger partial charge < -0.3 is 14.7 Å². The van der Waals surface area contributed by atoms with Crippen LogP contribution in [0.25, 0.3) is 0 Å². The largest absolute Gasteiger partial charge is 0.481 e. The minimum absolute atomic E-state index is 0.0488. The van der Waals surface area contributed by atoms with Crippen molar-refractivity contribution < 1.29 is 19.4 Å². The molecule has 1 aromatic rings.